The first kappa shape index (κ1) is 15.1. The van der Waals surface area contributed by atoms with E-state index in [4.69, 9.17) is 5.11 Å². The summed E-state index contributed by atoms with van der Waals surface area (Å²) in [6.45, 7) is 2.52. The number of hydrogen-bond acceptors (Lipinski definition) is 3. The van der Waals surface area contributed by atoms with Gasteiger partial charge in [0.25, 0.3) is 0 Å². The molecule has 6 heteroatoms. The van der Waals surface area contributed by atoms with Gasteiger partial charge in [0.1, 0.15) is 5.82 Å². The number of aromatic nitrogens is 2. The van der Waals surface area contributed by atoms with E-state index < -0.39 is 0 Å². The van der Waals surface area contributed by atoms with E-state index in [-0.39, 0.29) is 12.6 Å². The Morgan fingerprint density at radius 2 is 2.14 bits per heavy atom. The molecule has 0 radical (unpaired) electrons. The van der Waals surface area contributed by atoms with Crippen LogP contribution in [0.4, 0.5) is 10.6 Å². The van der Waals surface area contributed by atoms with Crippen molar-refractivity contribution in [3.63, 3.8) is 0 Å². The fourth-order valence-corrected chi connectivity index (χ4v) is 2.02. The molecule has 2 aromatic rings. The van der Waals surface area contributed by atoms with E-state index in [1.54, 1.807) is 11.7 Å². The van der Waals surface area contributed by atoms with Crippen molar-refractivity contribution in [1.82, 2.24) is 15.1 Å². The third kappa shape index (κ3) is 3.82. The topological polar surface area (TPSA) is 79.2 Å². The number of rotatable bonds is 5. The monoisotopic (exact) mass is 288 g/mol. The number of aliphatic hydroxyl groups is 1. The van der Waals surface area contributed by atoms with Crippen LogP contribution in [0.15, 0.2) is 30.3 Å². The van der Waals surface area contributed by atoms with Crippen LogP contribution in [-0.2, 0) is 7.05 Å². The Bertz CT molecular complexity index is 622. The summed E-state index contributed by atoms with van der Waals surface area (Å²) in [6.07, 6.45) is 0.535. The Morgan fingerprint density at radius 1 is 1.38 bits per heavy atom. The quantitative estimate of drug-likeness (QED) is 0.735. The van der Waals surface area contributed by atoms with E-state index in [9.17, 15) is 4.79 Å². The second-order valence-electron chi connectivity index (χ2n) is 4.81. The van der Waals surface area contributed by atoms with E-state index in [1.165, 1.54) is 0 Å². The summed E-state index contributed by atoms with van der Waals surface area (Å²) in [6, 6.07) is 9.51. The number of carbonyl (C=O) groups is 1. The molecule has 0 aliphatic heterocycles. The number of hydrogen-bond donors (Lipinski definition) is 3. The van der Waals surface area contributed by atoms with Gasteiger partial charge < -0.3 is 10.4 Å². The van der Waals surface area contributed by atoms with Crippen LogP contribution in [0.5, 0.6) is 0 Å². The minimum Gasteiger partial charge on any atom is -0.396 e. The number of anilines is 1. The maximum absolute atomic E-state index is 11.7. The van der Waals surface area contributed by atoms with Crippen LogP contribution in [-0.4, -0.2) is 34.1 Å². The van der Waals surface area contributed by atoms with Crippen LogP contribution < -0.4 is 10.6 Å². The SMILES string of the molecule is Cc1ccccc1-c1cc(NC(=O)NCCCO)n(C)n1. The van der Waals surface area contributed by atoms with Gasteiger partial charge in [-0.1, -0.05) is 24.3 Å². The number of nitrogens with zero attached hydrogens (tertiary/aromatic N) is 2. The lowest BCUT2D eigenvalue weighted by Gasteiger charge is -2.06. The molecule has 21 heavy (non-hydrogen) atoms. The molecule has 1 aromatic heterocycles. The van der Waals surface area contributed by atoms with Gasteiger partial charge in [0.05, 0.1) is 5.69 Å². The molecule has 3 N–H and O–H groups in total. The average molecular weight is 288 g/mol. The zero-order valence-electron chi connectivity index (χ0n) is 12.3. The van der Waals surface area contributed by atoms with Crippen LogP contribution in [0, 0.1) is 6.92 Å². The molecule has 0 unspecified atom stereocenters. The molecule has 2 amide bonds. The van der Waals surface area contributed by atoms with E-state index >= 15 is 0 Å². The molecule has 6 nitrogen and oxygen atoms in total. The molecule has 0 bridgehead atoms. The Kier molecular flexibility index (Phi) is 4.94. The van der Waals surface area contributed by atoms with Gasteiger partial charge in [-0.25, -0.2) is 4.79 Å². The van der Waals surface area contributed by atoms with Gasteiger partial charge in [0, 0.05) is 31.8 Å². The van der Waals surface area contributed by atoms with Gasteiger partial charge in [-0.3, -0.25) is 10.00 Å². The van der Waals surface area contributed by atoms with Gasteiger partial charge in [0.2, 0.25) is 0 Å². The molecule has 112 valence electrons. The fraction of sp³-hybridized carbons (Fsp3) is 0.333. The number of aliphatic hydroxyl groups excluding tert-OH is 1. The highest BCUT2D eigenvalue weighted by Gasteiger charge is 2.11. The zero-order valence-corrected chi connectivity index (χ0v) is 12.3. The first-order valence-corrected chi connectivity index (χ1v) is 6.87. The summed E-state index contributed by atoms with van der Waals surface area (Å²) >= 11 is 0. The van der Waals surface area contributed by atoms with Gasteiger partial charge in [0.15, 0.2) is 0 Å². The molecule has 0 aliphatic carbocycles. The second kappa shape index (κ2) is 6.90. The number of amides is 2. The third-order valence-electron chi connectivity index (χ3n) is 3.16. The van der Waals surface area contributed by atoms with Crippen LogP contribution in [0.25, 0.3) is 11.3 Å². The number of nitrogens with one attached hydrogen (secondary N) is 2. The molecular weight excluding hydrogens is 268 g/mol. The maximum Gasteiger partial charge on any atom is 0.320 e. The Labute approximate surface area is 123 Å². The molecule has 0 aliphatic rings. The highest BCUT2D eigenvalue weighted by atomic mass is 16.3. The van der Waals surface area contributed by atoms with Crippen LogP contribution in [0.1, 0.15) is 12.0 Å². The summed E-state index contributed by atoms with van der Waals surface area (Å²) < 4.78 is 1.63. The number of carbonyl (C=O) groups excluding carboxylic acids is 1. The molecule has 1 heterocycles. The molecule has 0 saturated carbocycles. The van der Waals surface area contributed by atoms with Gasteiger partial charge in [-0.05, 0) is 18.9 Å². The second-order valence-corrected chi connectivity index (χ2v) is 4.81. The number of urea groups is 1. The van der Waals surface area contributed by atoms with Crippen LogP contribution >= 0.6 is 0 Å². The Hall–Kier alpha value is -2.34. The van der Waals surface area contributed by atoms with Gasteiger partial charge in [-0.2, -0.15) is 5.10 Å². The van der Waals surface area contributed by atoms with Crippen molar-refractivity contribution < 1.29 is 9.90 Å². The van der Waals surface area contributed by atoms with Crippen molar-refractivity contribution in [1.29, 1.82) is 0 Å². The van der Waals surface area contributed by atoms with Crippen molar-refractivity contribution in [3.05, 3.63) is 35.9 Å². The fourth-order valence-electron chi connectivity index (χ4n) is 2.02. The van der Waals surface area contributed by atoms with E-state index in [0.717, 1.165) is 16.8 Å². The molecule has 1 aromatic carbocycles. The molecule has 2 rings (SSSR count). The molecular formula is C15H20N4O2. The van der Waals surface area contributed by atoms with Crippen LogP contribution in [0.3, 0.4) is 0 Å². The zero-order chi connectivity index (χ0) is 15.2. The summed E-state index contributed by atoms with van der Waals surface area (Å²) in [4.78, 5) is 11.7. The highest BCUT2D eigenvalue weighted by Crippen LogP contribution is 2.24. The van der Waals surface area contributed by atoms with E-state index in [2.05, 4.69) is 15.7 Å². The maximum atomic E-state index is 11.7. The van der Waals surface area contributed by atoms with Crippen molar-refractivity contribution in [2.75, 3.05) is 18.5 Å². The predicted octanol–water partition coefficient (Wildman–Crippen LogP) is 1.90. The smallest absolute Gasteiger partial charge is 0.320 e. The molecule has 0 spiro atoms. The van der Waals surface area contributed by atoms with Crippen molar-refractivity contribution >= 4 is 11.8 Å². The Balaban J connectivity index is 2.09. The van der Waals surface area contributed by atoms with Crippen molar-refractivity contribution in [2.45, 2.75) is 13.3 Å². The van der Waals surface area contributed by atoms with Crippen molar-refractivity contribution in [3.8, 4) is 11.3 Å². The summed E-state index contributed by atoms with van der Waals surface area (Å²) in [5.74, 6) is 0.620. The van der Waals surface area contributed by atoms with Gasteiger partial charge >= 0.3 is 6.03 Å². The minimum absolute atomic E-state index is 0.0590. The lowest BCUT2D eigenvalue weighted by atomic mass is 10.1. The van der Waals surface area contributed by atoms with Gasteiger partial charge in [-0.15, -0.1) is 0 Å². The van der Waals surface area contributed by atoms with Crippen LogP contribution in [0.2, 0.25) is 0 Å². The molecule has 0 atom stereocenters. The minimum atomic E-state index is -0.303. The average Bonchev–Trinajstić information content (AvgIpc) is 2.80. The summed E-state index contributed by atoms with van der Waals surface area (Å²) in [5.41, 5.74) is 3.00. The largest absolute Gasteiger partial charge is 0.396 e. The van der Waals surface area contributed by atoms with E-state index in [0.29, 0.717) is 18.8 Å². The number of aryl methyl sites for hydroxylation is 2. The first-order chi connectivity index (χ1) is 10.1. The lowest BCUT2D eigenvalue weighted by molar-refractivity contribution is 0.248. The van der Waals surface area contributed by atoms with E-state index in [1.807, 2.05) is 37.3 Å². The predicted molar refractivity (Wildman–Crippen MR) is 82.1 cm³/mol. The third-order valence-corrected chi connectivity index (χ3v) is 3.16. The first-order valence-electron chi connectivity index (χ1n) is 6.87. The Morgan fingerprint density at radius 3 is 2.86 bits per heavy atom. The summed E-state index contributed by atoms with van der Waals surface area (Å²) in [7, 11) is 1.78. The standard InChI is InChI=1S/C15H20N4O2/c1-11-6-3-4-7-12(11)13-10-14(19(2)18-13)17-15(21)16-8-5-9-20/h3-4,6-7,10,20H,5,8-9H2,1-2H3,(H2,16,17,21). The highest BCUT2D eigenvalue weighted by molar-refractivity contribution is 5.89. The van der Waals surface area contributed by atoms with Crippen molar-refractivity contribution in [2.24, 2.45) is 7.05 Å². The molecule has 0 saturated heterocycles. The lowest BCUT2D eigenvalue weighted by Crippen LogP contribution is -2.30. The normalized spacial score (nSPS) is 10.4. The molecule has 0 fully saturated rings. The number of benzene rings is 1. The summed E-state index contributed by atoms with van der Waals surface area (Å²) in [5, 5.41) is 18.5.